The Morgan fingerprint density at radius 1 is 1.13 bits per heavy atom. The summed E-state index contributed by atoms with van der Waals surface area (Å²) in [6.45, 7) is 2.94. The zero-order chi connectivity index (χ0) is 20.9. The highest BCUT2D eigenvalue weighted by Crippen LogP contribution is 2.17. The summed E-state index contributed by atoms with van der Waals surface area (Å²) in [5.74, 6) is 0.662. The molecule has 1 heterocycles. The van der Waals surface area contributed by atoms with Gasteiger partial charge in [-0.3, -0.25) is 4.99 Å². The summed E-state index contributed by atoms with van der Waals surface area (Å²) in [6, 6.07) is 13.4. The van der Waals surface area contributed by atoms with E-state index in [9.17, 15) is 8.42 Å². The monoisotopic (exact) mass is 539 g/mol. The summed E-state index contributed by atoms with van der Waals surface area (Å²) in [6.07, 6.45) is 6.66. The molecule has 1 aromatic heterocycles. The average Bonchev–Trinajstić information content (AvgIpc) is 3.22. The van der Waals surface area contributed by atoms with Crippen molar-refractivity contribution in [2.24, 2.45) is 4.99 Å². The number of hydrogen-bond acceptors (Lipinski definition) is 4. The van der Waals surface area contributed by atoms with Gasteiger partial charge in [0.15, 0.2) is 15.8 Å². The van der Waals surface area contributed by atoms with Crippen molar-refractivity contribution in [1.82, 2.24) is 20.2 Å². The summed E-state index contributed by atoms with van der Waals surface area (Å²) in [5.41, 5.74) is 3.89. The second-order valence-corrected chi connectivity index (χ2v) is 8.73. The van der Waals surface area contributed by atoms with Gasteiger partial charge in [0.25, 0.3) is 0 Å². The fourth-order valence-corrected chi connectivity index (χ4v) is 4.10. The lowest BCUT2D eigenvalue weighted by molar-refractivity contribution is 0.601. The normalized spacial score (nSPS) is 11.6. The van der Waals surface area contributed by atoms with E-state index in [4.69, 9.17) is 0 Å². The van der Waals surface area contributed by atoms with Crippen molar-refractivity contribution in [3.05, 3.63) is 77.9 Å². The van der Waals surface area contributed by atoms with Crippen molar-refractivity contribution < 1.29 is 8.42 Å². The molecule has 0 saturated carbocycles. The van der Waals surface area contributed by atoms with E-state index in [1.807, 2.05) is 41.1 Å². The fraction of sp³-hybridized carbons (Fsp3) is 0.238. The molecule has 0 spiro atoms. The van der Waals surface area contributed by atoms with Gasteiger partial charge in [-0.05, 0) is 35.7 Å². The lowest BCUT2D eigenvalue weighted by Crippen LogP contribution is -2.36. The molecular formula is C21H26IN5O2S. The first-order chi connectivity index (χ1) is 13.9. The SMILES string of the molecule is CN=C(NCc1ccc(S(C)(=O)=O)c(C)c1)NCc1ccccc1-n1ccnc1.I. The number of aliphatic imine (C=N–C) groups is 1. The molecular weight excluding hydrogens is 513 g/mol. The van der Waals surface area contributed by atoms with Gasteiger partial charge >= 0.3 is 0 Å². The minimum Gasteiger partial charge on any atom is -0.352 e. The maximum Gasteiger partial charge on any atom is 0.191 e. The van der Waals surface area contributed by atoms with Crippen LogP contribution in [0.5, 0.6) is 0 Å². The molecule has 2 N–H and O–H groups in total. The van der Waals surface area contributed by atoms with E-state index in [2.05, 4.69) is 26.7 Å². The van der Waals surface area contributed by atoms with E-state index in [0.29, 0.717) is 23.9 Å². The number of para-hydroxylation sites is 1. The molecule has 0 fully saturated rings. The second-order valence-electron chi connectivity index (χ2n) is 6.75. The first kappa shape index (κ1) is 23.9. The first-order valence-corrected chi connectivity index (χ1v) is 11.1. The predicted octanol–water partition coefficient (Wildman–Crippen LogP) is 3.07. The number of nitrogens with one attached hydrogen (secondary N) is 2. The molecule has 0 aliphatic heterocycles. The van der Waals surface area contributed by atoms with Crippen LogP contribution in [-0.4, -0.2) is 37.2 Å². The molecule has 3 aromatic rings. The van der Waals surface area contributed by atoms with Gasteiger partial charge in [0.1, 0.15) is 0 Å². The Hall–Kier alpha value is -2.40. The van der Waals surface area contributed by atoms with Gasteiger partial charge in [-0.1, -0.05) is 30.3 Å². The van der Waals surface area contributed by atoms with E-state index in [0.717, 1.165) is 22.4 Å². The molecule has 0 unspecified atom stereocenters. The molecule has 0 saturated heterocycles. The van der Waals surface area contributed by atoms with E-state index in [1.54, 1.807) is 32.6 Å². The van der Waals surface area contributed by atoms with Gasteiger partial charge in [-0.25, -0.2) is 13.4 Å². The number of hydrogen-bond donors (Lipinski definition) is 2. The van der Waals surface area contributed by atoms with Gasteiger partial charge in [0, 0.05) is 38.8 Å². The van der Waals surface area contributed by atoms with Crippen molar-refractivity contribution >= 4 is 39.8 Å². The van der Waals surface area contributed by atoms with E-state index >= 15 is 0 Å². The molecule has 160 valence electrons. The Balaban J connectivity index is 0.00000320. The van der Waals surface area contributed by atoms with Crippen LogP contribution in [0, 0.1) is 6.92 Å². The zero-order valence-corrected chi connectivity index (χ0v) is 20.3. The minimum absolute atomic E-state index is 0. The third kappa shape index (κ3) is 6.05. The number of sulfone groups is 1. The highest BCUT2D eigenvalue weighted by molar-refractivity contribution is 14.0. The van der Waals surface area contributed by atoms with Crippen LogP contribution in [0.2, 0.25) is 0 Å². The number of benzene rings is 2. The summed E-state index contributed by atoms with van der Waals surface area (Å²) >= 11 is 0. The molecule has 0 aliphatic carbocycles. The Bertz CT molecular complexity index is 1110. The number of aryl methyl sites for hydroxylation is 1. The smallest absolute Gasteiger partial charge is 0.191 e. The van der Waals surface area contributed by atoms with Gasteiger partial charge in [0.05, 0.1) is 16.9 Å². The second kappa shape index (κ2) is 10.6. The van der Waals surface area contributed by atoms with E-state index in [-0.39, 0.29) is 24.0 Å². The molecule has 0 amide bonds. The lowest BCUT2D eigenvalue weighted by Gasteiger charge is -2.15. The van der Waals surface area contributed by atoms with Crippen LogP contribution in [0.15, 0.2) is 71.1 Å². The van der Waals surface area contributed by atoms with Crippen LogP contribution >= 0.6 is 24.0 Å². The van der Waals surface area contributed by atoms with Gasteiger partial charge in [-0.15, -0.1) is 24.0 Å². The zero-order valence-electron chi connectivity index (χ0n) is 17.2. The maximum atomic E-state index is 11.8. The van der Waals surface area contributed by atoms with Gasteiger partial charge < -0.3 is 15.2 Å². The van der Waals surface area contributed by atoms with Gasteiger partial charge in [-0.2, -0.15) is 0 Å². The Morgan fingerprint density at radius 3 is 2.50 bits per heavy atom. The lowest BCUT2D eigenvalue weighted by atomic mass is 10.1. The molecule has 3 rings (SSSR count). The number of guanidine groups is 1. The van der Waals surface area contributed by atoms with Crippen molar-refractivity contribution in [3.8, 4) is 5.69 Å². The molecule has 0 radical (unpaired) electrons. The van der Waals surface area contributed by atoms with Crippen molar-refractivity contribution in [2.45, 2.75) is 24.9 Å². The molecule has 30 heavy (non-hydrogen) atoms. The summed E-state index contributed by atoms with van der Waals surface area (Å²) in [5, 5.41) is 6.58. The van der Waals surface area contributed by atoms with Crippen LogP contribution in [0.3, 0.4) is 0 Å². The topological polar surface area (TPSA) is 88.4 Å². The highest BCUT2D eigenvalue weighted by atomic mass is 127. The van der Waals surface area contributed by atoms with Crippen LogP contribution in [-0.2, 0) is 22.9 Å². The maximum absolute atomic E-state index is 11.8. The molecule has 0 atom stereocenters. The minimum atomic E-state index is -3.21. The van der Waals surface area contributed by atoms with Crippen LogP contribution in [0.4, 0.5) is 0 Å². The molecule has 9 heteroatoms. The quantitative estimate of drug-likeness (QED) is 0.286. The summed E-state index contributed by atoms with van der Waals surface area (Å²) in [7, 11) is -1.49. The van der Waals surface area contributed by atoms with E-state index in [1.165, 1.54) is 6.26 Å². The van der Waals surface area contributed by atoms with Crippen LogP contribution in [0.25, 0.3) is 5.69 Å². The van der Waals surface area contributed by atoms with Crippen LogP contribution < -0.4 is 10.6 Å². The van der Waals surface area contributed by atoms with Gasteiger partial charge in [0.2, 0.25) is 0 Å². The van der Waals surface area contributed by atoms with E-state index < -0.39 is 9.84 Å². The Kier molecular flexibility index (Phi) is 8.42. The Labute approximate surface area is 194 Å². The Morgan fingerprint density at radius 2 is 1.87 bits per heavy atom. The standard InChI is InChI=1S/C21H25N5O2S.HI/c1-16-12-17(8-9-20(16)29(3,27)28)13-24-21(22-2)25-14-18-6-4-5-7-19(18)26-11-10-23-15-26;/h4-12,15H,13-14H2,1-3H3,(H2,22,24,25);1H. The number of imidazole rings is 1. The molecule has 0 aliphatic rings. The largest absolute Gasteiger partial charge is 0.352 e. The van der Waals surface area contributed by atoms with Crippen molar-refractivity contribution in [2.75, 3.05) is 13.3 Å². The molecule has 0 bridgehead atoms. The highest BCUT2D eigenvalue weighted by Gasteiger charge is 2.11. The van der Waals surface area contributed by atoms with Crippen molar-refractivity contribution in [1.29, 1.82) is 0 Å². The first-order valence-electron chi connectivity index (χ1n) is 9.19. The van der Waals surface area contributed by atoms with Crippen LogP contribution in [0.1, 0.15) is 16.7 Å². The third-order valence-corrected chi connectivity index (χ3v) is 5.80. The fourth-order valence-electron chi connectivity index (χ4n) is 3.14. The number of nitrogens with zero attached hydrogens (tertiary/aromatic N) is 3. The van der Waals surface area contributed by atoms with Crippen molar-refractivity contribution in [3.63, 3.8) is 0 Å². The number of halogens is 1. The molecule has 7 nitrogen and oxygen atoms in total. The number of aromatic nitrogens is 2. The average molecular weight is 539 g/mol. The third-order valence-electron chi connectivity index (χ3n) is 4.54. The summed E-state index contributed by atoms with van der Waals surface area (Å²) < 4.78 is 25.5. The predicted molar refractivity (Wildman–Crippen MR) is 130 cm³/mol. The molecule has 2 aromatic carbocycles. The number of rotatable bonds is 6. The summed E-state index contributed by atoms with van der Waals surface area (Å²) in [4.78, 5) is 8.74.